The molecule has 0 aliphatic rings. The van der Waals surface area contributed by atoms with Crippen LogP contribution in [0.2, 0.25) is 0 Å². The molecule has 21 heavy (non-hydrogen) atoms. The van der Waals surface area contributed by atoms with E-state index in [2.05, 4.69) is 39.3 Å². The molecule has 1 aromatic heterocycles. The van der Waals surface area contributed by atoms with Gasteiger partial charge in [-0.2, -0.15) is 4.98 Å². The minimum absolute atomic E-state index is 0.262. The van der Waals surface area contributed by atoms with Crippen molar-refractivity contribution in [1.29, 1.82) is 0 Å². The highest BCUT2D eigenvalue weighted by Gasteiger charge is 2.13. The monoisotopic (exact) mass is 288 g/mol. The summed E-state index contributed by atoms with van der Waals surface area (Å²) in [5.41, 5.74) is 6.91. The van der Waals surface area contributed by atoms with Gasteiger partial charge in [0.25, 0.3) is 0 Å². The van der Waals surface area contributed by atoms with Crippen LogP contribution in [-0.2, 0) is 13.1 Å². The lowest BCUT2D eigenvalue weighted by molar-refractivity contribution is 0.244. The van der Waals surface area contributed by atoms with Crippen molar-refractivity contribution < 1.29 is 4.52 Å². The van der Waals surface area contributed by atoms with E-state index in [0.29, 0.717) is 19.0 Å². The van der Waals surface area contributed by atoms with E-state index in [9.17, 15) is 0 Å². The summed E-state index contributed by atoms with van der Waals surface area (Å²) in [4.78, 5) is 6.75. The van der Waals surface area contributed by atoms with Crippen LogP contribution in [0.5, 0.6) is 0 Å². The summed E-state index contributed by atoms with van der Waals surface area (Å²) in [7, 11) is 0. The van der Waals surface area contributed by atoms with E-state index in [1.54, 1.807) is 0 Å². The van der Waals surface area contributed by atoms with Crippen LogP contribution in [-0.4, -0.2) is 28.1 Å². The van der Waals surface area contributed by atoms with Gasteiger partial charge in [0, 0.05) is 19.0 Å². The zero-order valence-electron chi connectivity index (χ0n) is 12.8. The maximum absolute atomic E-state index is 5.63. The number of nitrogens with two attached hydrogens (primary N) is 1. The summed E-state index contributed by atoms with van der Waals surface area (Å²) in [6.07, 6.45) is 0.960. The van der Waals surface area contributed by atoms with Gasteiger partial charge in [0.2, 0.25) is 5.89 Å². The molecule has 5 heteroatoms. The van der Waals surface area contributed by atoms with Crippen LogP contribution in [0.15, 0.2) is 34.9 Å². The normalized spacial score (nSPS) is 11.5. The second-order valence-electron chi connectivity index (χ2n) is 5.54. The van der Waals surface area contributed by atoms with Crippen LogP contribution >= 0.6 is 0 Å². The molecule has 0 bridgehead atoms. The Labute approximate surface area is 126 Å². The molecule has 0 radical (unpaired) electrons. The van der Waals surface area contributed by atoms with E-state index >= 15 is 0 Å². The fourth-order valence-electron chi connectivity index (χ4n) is 2.14. The van der Waals surface area contributed by atoms with Crippen molar-refractivity contribution >= 4 is 0 Å². The lowest BCUT2D eigenvalue weighted by Gasteiger charge is -2.20. The number of rotatable bonds is 8. The van der Waals surface area contributed by atoms with Gasteiger partial charge in [0.15, 0.2) is 5.82 Å². The minimum atomic E-state index is 0.262. The van der Waals surface area contributed by atoms with Crippen LogP contribution in [0.1, 0.15) is 43.5 Å². The highest BCUT2D eigenvalue weighted by Crippen LogP contribution is 2.13. The van der Waals surface area contributed by atoms with E-state index in [1.807, 2.05) is 19.9 Å². The van der Waals surface area contributed by atoms with Crippen LogP contribution < -0.4 is 5.73 Å². The molecule has 2 aromatic rings. The molecule has 2 N–H and O–H groups in total. The molecular formula is C16H24N4O. The number of hydrogen-bond donors (Lipinski definition) is 1. The fraction of sp³-hybridized carbons (Fsp3) is 0.500. The number of aromatic nitrogens is 2. The van der Waals surface area contributed by atoms with Gasteiger partial charge in [-0.1, -0.05) is 49.3 Å². The third-order valence-corrected chi connectivity index (χ3v) is 3.27. The van der Waals surface area contributed by atoms with Gasteiger partial charge in [0.05, 0.1) is 6.54 Å². The van der Waals surface area contributed by atoms with E-state index in [1.165, 1.54) is 5.56 Å². The van der Waals surface area contributed by atoms with Gasteiger partial charge in [-0.05, 0) is 18.5 Å². The standard InChI is InChI=1S/C16H24N4O/c1-13(2)16-18-15(19-21-16)12-20(10-6-9-17)11-14-7-4-3-5-8-14/h3-5,7-8,13H,6,9-12,17H2,1-2H3. The molecule has 0 atom stereocenters. The SMILES string of the molecule is CC(C)c1nc(CN(CCCN)Cc2ccccc2)no1. The van der Waals surface area contributed by atoms with Gasteiger partial charge >= 0.3 is 0 Å². The molecule has 114 valence electrons. The van der Waals surface area contributed by atoms with Crippen molar-refractivity contribution in [3.8, 4) is 0 Å². The van der Waals surface area contributed by atoms with E-state index < -0.39 is 0 Å². The van der Waals surface area contributed by atoms with Crippen LogP contribution in [0.3, 0.4) is 0 Å². The quantitative estimate of drug-likeness (QED) is 0.808. The lowest BCUT2D eigenvalue weighted by atomic mass is 10.2. The number of hydrogen-bond acceptors (Lipinski definition) is 5. The molecule has 0 spiro atoms. The maximum atomic E-state index is 5.63. The zero-order chi connectivity index (χ0) is 15.1. The molecule has 1 heterocycles. The van der Waals surface area contributed by atoms with Crippen molar-refractivity contribution in [2.24, 2.45) is 5.73 Å². The van der Waals surface area contributed by atoms with Gasteiger partial charge in [-0.3, -0.25) is 4.90 Å². The summed E-state index contributed by atoms with van der Waals surface area (Å²) in [5, 5.41) is 4.07. The Bertz CT molecular complexity index is 524. The molecule has 2 rings (SSSR count). The van der Waals surface area contributed by atoms with E-state index in [0.717, 1.165) is 25.3 Å². The zero-order valence-corrected chi connectivity index (χ0v) is 12.8. The average molecular weight is 288 g/mol. The first kappa shape index (κ1) is 15.7. The molecule has 0 unspecified atom stereocenters. The highest BCUT2D eigenvalue weighted by molar-refractivity contribution is 5.14. The predicted octanol–water partition coefficient (Wildman–Crippen LogP) is 2.54. The molecule has 0 amide bonds. The largest absolute Gasteiger partial charge is 0.339 e. The van der Waals surface area contributed by atoms with Crippen LogP contribution in [0.25, 0.3) is 0 Å². The first-order valence-electron chi connectivity index (χ1n) is 7.48. The summed E-state index contributed by atoms with van der Waals surface area (Å²) in [6, 6.07) is 10.4. The minimum Gasteiger partial charge on any atom is -0.339 e. The smallest absolute Gasteiger partial charge is 0.229 e. The van der Waals surface area contributed by atoms with Gasteiger partial charge in [-0.15, -0.1) is 0 Å². The van der Waals surface area contributed by atoms with Crippen LogP contribution in [0, 0.1) is 0 Å². The Balaban J connectivity index is 2.01. The van der Waals surface area contributed by atoms with Gasteiger partial charge in [0.1, 0.15) is 0 Å². The Kier molecular flexibility index (Phi) is 5.90. The fourth-order valence-corrected chi connectivity index (χ4v) is 2.14. The Morgan fingerprint density at radius 3 is 2.57 bits per heavy atom. The van der Waals surface area contributed by atoms with Crippen molar-refractivity contribution in [3.63, 3.8) is 0 Å². The summed E-state index contributed by atoms with van der Waals surface area (Å²) in [5.74, 6) is 1.70. The second-order valence-corrected chi connectivity index (χ2v) is 5.54. The Hall–Kier alpha value is -1.72. The summed E-state index contributed by atoms with van der Waals surface area (Å²) >= 11 is 0. The molecule has 0 saturated heterocycles. The van der Waals surface area contributed by atoms with E-state index in [-0.39, 0.29) is 5.92 Å². The Morgan fingerprint density at radius 2 is 1.95 bits per heavy atom. The Morgan fingerprint density at radius 1 is 1.19 bits per heavy atom. The van der Waals surface area contributed by atoms with Crippen molar-refractivity contribution in [3.05, 3.63) is 47.6 Å². The third kappa shape index (κ3) is 4.95. The van der Waals surface area contributed by atoms with Crippen LogP contribution in [0.4, 0.5) is 0 Å². The molecule has 0 aliphatic carbocycles. The van der Waals surface area contributed by atoms with E-state index in [4.69, 9.17) is 10.3 Å². The molecular weight excluding hydrogens is 264 g/mol. The van der Waals surface area contributed by atoms with Crippen molar-refractivity contribution in [1.82, 2.24) is 15.0 Å². The average Bonchev–Trinajstić information content (AvgIpc) is 2.94. The van der Waals surface area contributed by atoms with Crippen molar-refractivity contribution in [2.75, 3.05) is 13.1 Å². The van der Waals surface area contributed by atoms with Gasteiger partial charge in [-0.25, -0.2) is 0 Å². The molecule has 0 aliphatic heterocycles. The molecule has 0 fully saturated rings. The predicted molar refractivity (Wildman–Crippen MR) is 82.6 cm³/mol. The molecule has 0 saturated carbocycles. The second kappa shape index (κ2) is 7.90. The third-order valence-electron chi connectivity index (χ3n) is 3.27. The number of nitrogens with zero attached hydrogens (tertiary/aromatic N) is 3. The van der Waals surface area contributed by atoms with Crippen molar-refractivity contribution in [2.45, 2.75) is 39.3 Å². The topological polar surface area (TPSA) is 68.2 Å². The lowest BCUT2D eigenvalue weighted by Crippen LogP contribution is -2.26. The maximum Gasteiger partial charge on any atom is 0.229 e. The highest BCUT2D eigenvalue weighted by atomic mass is 16.5. The first-order chi connectivity index (χ1) is 10.2. The molecule has 1 aromatic carbocycles. The summed E-state index contributed by atoms with van der Waals surface area (Å²) < 4.78 is 5.27. The molecule has 5 nitrogen and oxygen atoms in total. The first-order valence-corrected chi connectivity index (χ1v) is 7.48. The van der Waals surface area contributed by atoms with Gasteiger partial charge < -0.3 is 10.3 Å². The summed E-state index contributed by atoms with van der Waals surface area (Å²) in [6.45, 7) is 7.27. The number of benzene rings is 1.